The molecule has 2 aromatic rings. The van der Waals surface area contributed by atoms with Gasteiger partial charge in [0, 0.05) is 18.2 Å². The van der Waals surface area contributed by atoms with Crippen LogP contribution in [-0.2, 0) is 4.79 Å². The Morgan fingerprint density at radius 2 is 1.68 bits per heavy atom. The Balaban J connectivity index is 2.07. The first-order valence-corrected chi connectivity index (χ1v) is 6.68. The maximum absolute atomic E-state index is 11.8. The number of nitro benzene ring substituents is 1. The second-order valence-corrected chi connectivity index (χ2v) is 4.82. The zero-order valence-electron chi connectivity index (χ0n) is 12.3. The van der Waals surface area contributed by atoms with E-state index in [0.29, 0.717) is 11.3 Å². The van der Waals surface area contributed by atoms with Gasteiger partial charge in [0.2, 0.25) is 0 Å². The predicted molar refractivity (Wildman–Crippen MR) is 83.7 cm³/mol. The van der Waals surface area contributed by atoms with Crippen LogP contribution in [0, 0.1) is 24.0 Å². The van der Waals surface area contributed by atoms with Crippen LogP contribution in [0.3, 0.4) is 0 Å². The molecule has 0 aromatic heterocycles. The van der Waals surface area contributed by atoms with Crippen molar-refractivity contribution in [3.63, 3.8) is 0 Å². The minimum Gasteiger partial charge on any atom is -0.423 e. The monoisotopic (exact) mass is 297 g/mol. The minimum absolute atomic E-state index is 0.00950. The first-order chi connectivity index (χ1) is 10.5. The van der Waals surface area contributed by atoms with E-state index in [1.165, 1.54) is 18.2 Å². The van der Waals surface area contributed by atoms with Crippen LogP contribution in [0.15, 0.2) is 48.5 Å². The summed E-state index contributed by atoms with van der Waals surface area (Å²) in [6.07, 6.45) is 2.85. The average Bonchev–Trinajstić information content (AvgIpc) is 2.49. The molecule has 0 amide bonds. The van der Waals surface area contributed by atoms with E-state index < -0.39 is 10.9 Å². The Kier molecular flexibility index (Phi) is 4.68. The fourth-order valence-corrected chi connectivity index (χ4v) is 1.97. The van der Waals surface area contributed by atoms with Gasteiger partial charge in [-0.25, -0.2) is 4.79 Å². The molecule has 0 N–H and O–H groups in total. The molecule has 0 saturated heterocycles. The number of rotatable bonds is 4. The zero-order valence-corrected chi connectivity index (χ0v) is 12.3. The minimum atomic E-state index is -0.490. The molecule has 0 heterocycles. The quantitative estimate of drug-likeness (QED) is 0.283. The van der Waals surface area contributed by atoms with Crippen molar-refractivity contribution in [1.29, 1.82) is 0 Å². The lowest BCUT2D eigenvalue weighted by Gasteiger charge is -2.08. The number of hydrogen-bond acceptors (Lipinski definition) is 4. The predicted octanol–water partition coefficient (Wildman–Crippen LogP) is 3.83. The van der Waals surface area contributed by atoms with Crippen LogP contribution in [0.2, 0.25) is 0 Å². The van der Waals surface area contributed by atoms with Gasteiger partial charge in [-0.15, -0.1) is 0 Å². The number of esters is 1. The normalized spacial score (nSPS) is 10.6. The molecule has 0 atom stereocenters. The van der Waals surface area contributed by atoms with Crippen molar-refractivity contribution in [3.05, 3.63) is 75.3 Å². The molecule has 0 fully saturated rings. The number of para-hydroxylation sites is 1. The van der Waals surface area contributed by atoms with Crippen molar-refractivity contribution in [3.8, 4) is 5.75 Å². The fraction of sp³-hybridized carbons (Fsp3) is 0.118. The summed E-state index contributed by atoms with van der Waals surface area (Å²) < 4.78 is 5.33. The van der Waals surface area contributed by atoms with Crippen molar-refractivity contribution in [1.82, 2.24) is 0 Å². The van der Waals surface area contributed by atoms with Gasteiger partial charge in [-0.2, -0.15) is 0 Å². The van der Waals surface area contributed by atoms with Gasteiger partial charge in [0.25, 0.3) is 5.69 Å². The summed E-state index contributed by atoms with van der Waals surface area (Å²) in [5.74, 6) is 0.0663. The zero-order chi connectivity index (χ0) is 16.1. The molecule has 0 aliphatic carbocycles. The van der Waals surface area contributed by atoms with Crippen LogP contribution in [0.5, 0.6) is 5.75 Å². The maximum Gasteiger partial charge on any atom is 0.336 e. The van der Waals surface area contributed by atoms with Gasteiger partial charge in [-0.05, 0) is 48.7 Å². The third kappa shape index (κ3) is 3.79. The highest BCUT2D eigenvalue weighted by molar-refractivity contribution is 5.89. The van der Waals surface area contributed by atoms with E-state index in [0.717, 1.165) is 11.1 Å². The van der Waals surface area contributed by atoms with Crippen LogP contribution >= 0.6 is 0 Å². The number of nitrogens with zero attached hydrogens (tertiary/aromatic N) is 1. The van der Waals surface area contributed by atoms with Gasteiger partial charge in [0.15, 0.2) is 0 Å². The molecule has 0 unspecified atom stereocenters. The first-order valence-electron chi connectivity index (χ1n) is 6.68. The van der Waals surface area contributed by atoms with Crippen molar-refractivity contribution in [2.45, 2.75) is 13.8 Å². The Hall–Kier alpha value is -2.95. The molecular weight excluding hydrogens is 282 g/mol. The molecule has 0 aliphatic rings. The van der Waals surface area contributed by atoms with Crippen molar-refractivity contribution in [2.24, 2.45) is 0 Å². The van der Waals surface area contributed by atoms with Gasteiger partial charge in [0.1, 0.15) is 5.75 Å². The van der Waals surface area contributed by atoms with Gasteiger partial charge in [0.05, 0.1) is 4.92 Å². The van der Waals surface area contributed by atoms with E-state index >= 15 is 0 Å². The Labute approximate surface area is 128 Å². The smallest absolute Gasteiger partial charge is 0.336 e. The number of benzene rings is 2. The summed E-state index contributed by atoms with van der Waals surface area (Å²) in [6.45, 7) is 3.74. The van der Waals surface area contributed by atoms with Crippen molar-refractivity contribution >= 4 is 17.7 Å². The van der Waals surface area contributed by atoms with Crippen molar-refractivity contribution in [2.75, 3.05) is 0 Å². The number of ether oxygens (including phenoxy) is 1. The van der Waals surface area contributed by atoms with Crippen LogP contribution in [0.4, 0.5) is 5.69 Å². The van der Waals surface area contributed by atoms with E-state index in [2.05, 4.69) is 0 Å². The Morgan fingerprint density at radius 1 is 1.09 bits per heavy atom. The van der Waals surface area contributed by atoms with Crippen LogP contribution in [0.1, 0.15) is 16.7 Å². The number of hydrogen-bond donors (Lipinski definition) is 0. The summed E-state index contributed by atoms with van der Waals surface area (Å²) in [4.78, 5) is 21.9. The molecule has 5 nitrogen and oxygen atoms in total. The van der Waals surface area contributed by atoms with E-state index in [1.807, 2.05) is 32.0 Å². The lowest BCUT2D eigenvalue weighted by atomic mass is 10.1. The third-order valence-corrected chi connectivity index (χ3v) is 3.13. The summed E-state index contributed by atoms with van der Waals surface area (Å²) in [6, 6.07) is 11.6. The fourth-order valence-electron chi connectivity index (χ4n) is 1.97. The molecule has 0 bridgehead atoms. The summed E-state index contributed by atoms with van der Waals surface area (Å²) in [7, 11) is 0. The molecule has 22 heavy (non-hydrogen) atoms. The van der Waals surface area contributed by atoms with E-state index in [9.17, 15) is 14.9 Å². The SMILES string of the molecule is Cc1cccc(C)c1OC(=O)/C=C/c1ccc([N+](=O)[O-])cc1. The molecule has 5 heteroatoms. The summed E-state index contributed by atoms with van der Waals surface area (Å²) in [5.41, 5.74) is 2.47. The highest BCUT2D eigenvalue weighted by atomic mass is 16.6. The molecular formula is C17H15NO4. The molecule has 0 saturated carbocycles. The third-order valence-electron chi connectivity index (χ3n) is 3.13. The number of carbonyl (C=O) groups is 1. The molecule has 0 aliphatic heterocycles. The molecule has 0 radical (unpaired) electrons. The maximum atomic E-state index is 11.8. The van der Waals surface area contributed by atoms with Gasteiger partial charge in [-0.1, -0.05) is 18.2 Å². The van der Waals surface area contributed by atoms with Gasteiger partial charge >= 0.3 is 5.97 Å². The topological polar surface area (TPSA) is 69.4 Å². The largest absolute Gasteiger partial charge is 0.423 e. The molecule has 2 aromatic carbocycles. The Morgan fingerprint density at radius 3 is 2.23 bits per heavy atom. The van der Waals surface area contributed by atoms with Crippen LogP contribution in [-0.4, -0.2) is 10.9 Å². The Bertz CT molecular complexity index is 713. The number of aryl methyl sites for hydroxylation is 2. The lowest BCUT2D eigenvalue weighted by Crippen LogP contribution is -2.06. The molecule has 112 valence electrons. The van der Waals surface area contributed by atoms with Gasteiger partial charge < -0.3 is 4.74 Å². The summed E-state index contributed by atoms with van der Waals surface area (Å²) >= 11 is 0. The molecule has 0 spiro atoms. The number of non-ortho nitro benzene ring substituents is 1. The number of nitro groups is 1. The van der Waals surface area contributed by atoms with Gasteiger partial charge in [-0.3, -0.25) is 10.1 Å². The highest BCUT2D eigenvalue weighted by Gasteiger charge is 2.07. The van der Waals surface area contributed by atoms with Crippen molar-refractivity contribution < 1.29 is 14.5 Å². The first kappa shape index (κ1) is 15.4. The highest BCUT2D eigenvalue weighted by Crippen LogP contribution is 2.22. The van der Waals surface area contributed by atoms with E-state index in [1.54, 1.807) is 18.2 Å². The van der Waals surface area contributed by atoms with E-state index in [-0.39, 0.29) is 5.69 Å². The number of carbonyl (C=O) groups excluding carboxylic acids is 1. The van der Waals surface area contributed by atoms with Crippen LogP contribution < -0.4 is 4.74 Å². The molecule has 2 rings (SSSR count). The second kappa shape index (κ2) is 6.67. The van der Waals surface area contributed by atoms with E-state index in [4.69, 9.17) is 4.74 Å². The summed E-state index contributed by atoms with van der Waals surface area (Å²) in [5, 5.41) is 10.6. The lowest BCUT2D eigenvalue weighted by molar-refractivity contribution is -0.384. The second-order valence-electron chi connectivity index (χ2n) is 4.82. The van der Waals surface area contributed by atoms with Crippen LogP contribution in [0.25, 0.3) is 6.08 Å². The average molecular weight is 297 g/mol. The standard InChI is InChI=1S/C17H15NO4/c1-12-4-3-5-13(2)17(12)22-16(19)11-8-14-6-9-15(10-7-14)18(20)21/h3-11H,1-2H3/b11-8+.